The van der Waals surface area contributed by atoms with Crippen LogP contribution in [0.3, 0.4) is 0 Å². The number of hydrogen-bond acceptors (Lipinski definition) is 4. The Bertz CT molecular complexity index is 1300. The molecule has 0 saturated carbocycles. The van der Waals surface area contributed by atoms with Gasteiger partial charge in [-0.05, 0) is 48.5 Å². The number of carbonyl (C=O) groups is 1. The van der Waals surface area contributed by atoms with E-state index in [-0.39, 0.29) is 20.6 Å². The van der Waals surface area contributed by atoms with E-state index in [0.717, 1.165) is 12.1 Å². The highest BCUT2D eigenvalue weighted by Crippen LogP contribution is 2.37. The van der Waals surface area contributed by atoms with Crippen molar-refractivity contribution in [3.05, 3.63) is 82.3 Å². The summed E-state index contributed by atoms with van der Waals surface area (Å²) in [5.74, 6) is -0.488. The Kier molecular flexibility index (Phi) is 7.64. The number of methoxy groups -OCH3 is 1. The van der Waals surface area contributed by atoms with Crippen molar-refractivity contribution in [2.75, 3.05) is 23.3 Å². The van der Waals surface area contributed by atoms with Gasteiger partial charge < -0.3 is 10.1 Å². The summed E-state index contributed by atoms with van der Waals surface area (Å²) in [6.45, 7) is -0.859. The molecule has 0 unspecified atom stereocenters. The number of ether oxygens (including phenoxy) is 1. The summed E-state index contributed by atoms with van der Waals surface area (Å²) < 4.78 is 72.2. The molecule has 0 aromatic heterocycles. The molecule has 0 fully saturated rings. The van der Waals surface area contributed by atoms with Crippen LogP contribution in [-0.4, -0.2) is 28.0 Å². The number of benzene rings is 3. The third-order valence-corrected chi connectivity index (χ3v) is 6.99. The van der Waals surface area contributed by atoms with Gasteiger partial charge in [-0.15, -0.1) is 0 Å². The summed E-state index contributed by atoms with van der Waals surface area (Å²) in [5, 5.41) is 2.38. The van der Waals surface area contributed by atoms with Crippen LogP contribution in [0.1, 0.15) is 5.56 Å². The van der Waals surface area contributed by atoms with Gasteiger partial charge in [0.05, 0.1) is 33.3 Å². The van der Waals surface area contributed by atoms with Gasteiger partial charge in [-0.1, -0.05) is 41.4 Å². The van der Waals surface area contributed by atoms with Crippen molar-refractivity contribution in [2.24, 2.45) is 0 Å². The smallest absolute Gasteiger partial charge is 0.416 e. The average Bonchev–Trinajstić information content (AvgIpc) is 2.78. The lowest BCUT2D eigenvalue weighted by atomic mass is 10.2. The fourth-order valence-electron chi connectivity index (χ4n) is 2.97. The van der Waals surface area contributed by atoms with Crippen LogP contribution in [-0.2, 0) is 21.0 Å². The van der Waals surface area contributed by atoms with E-state index in [0.29, 0.717) is 16.1 Å². The van der Waals surface area contributed by atoms with Crippen LogP contribution in [0.25, 0.3) is 0 Å². The second-order valence-electron chi connectivity index (χ2n) is 6.89. The number of halogens is 5. The molecule has 0 aliphatic carbocycles. The zero-order valence-corrected chi connectivity index (χ0v) is 19.8. The van der Waals surface area contributed by atoms with Gasteiger partial charge in [0, 0.05) is 5.69 Å². The average molecular weight is 533 g/mol. The minimum atomic E-state index is -4.76. The lowest BCUT2D eigenvalue weighted by Crippen LogP contribution is -2.38. The highest BCUT2D eigenvalue weighted by atomic mass is 35.5. The predicted molar refractivity (Wildman–Crippen MR) is 124 cm³/mol. The van der Waals surface area contributed by atoms with Crippen LogP contribution in [0.4, 0.5) is 24.5 Å². The molecular formula is C22H17Cl2F3N2O4S. The van der Waals surface area contributed by atoms with E-state index in [1.165, 1.54) is 49.6 Å². The third kappa shape index (κ3) is 5.75. The van der Waals surface area contributed by atoms with Crippen molar-refractivity contribution in [3.63, 3.8) is 0 Å². The molecule has 0 saturated heterocycles. The highest BCUT2D eigenvalue weighted by molar-refractivity contribution is 7.92. The maximum absolute atomic E-state index is 13.3. The number of hydrogen-bond donors (Lipinski definition) is 1. The molecule has 0 spiro atoms. The Labute approximate surface area is 203 Å². The first kappa shape index (κ1) is 25.7. The predicted octanol–water partition coefficient (Wildman–Crippen LogP) is 5.85. The molecule has 0 radical (unpaired) electrons. The van der Waals surface area contributed by atoms with E-state index in [1.54, 1.807) is 6.07 Å². The van der Waals surface area contributed by atoms with E-state index >= 15 is 0 Å². The third-order valence-electron chi connectivity index (χ3n) is 4.60. The van der Waals surface area contributed by atoms with Crippen LogP contribution in [0, 0.1) is 0 Å². The van der Waals surface area contributed by atoms with E-state index in [4.69, 9.17) is 27.9 Å². The van der Waals surface area contributed by atoms with Crippen molar-refractivity contribution in [2.45, 2.75) is 11.1 Å². The van der Waals surface area contributed by atoms with Crippen molar-refractivity contribution in [1.29, 1.82) is 0 Å². The standard InChI is InChI=1S/C22H17Cl2F3N2O4S/c1-33-20-10-8-15(12-18(20)24)28-21(30)13-29(34(31,32)16-5-3-2-4-6-16)19-11-14(22(25,26)27)7-9-17(19)23/h2-12H,13H2,1H3,(H,28,30). The Balaban J connectivity index is 2.03. The number of amides is 1. The van der Waals surface area contributed by atoms with Gasteiger partial charge in [-0.25, -0.2) is 8.42 Å². The van der Waals surface area contributed by atoms with Crippen LogP contribution in [0.5, 0.6) is 5.75 Å². The SMILES string of the molecule is COc1ccc(NC(=O)CN(c2cc(C(F)(F)F)ccc2Cl)S(=O)(=O)c2ccccc2)cc1Cl. The Morgan fingerprint density at radius 1 is 1.00 bits per heavy atom. The summed E-state index contributed by atoms with van der Waals surface area (Å²) in [6, 6.07) is 13.5. The fraction of sp³-hybridized carbons (Fsp3) is 0.136. The zero-order chi connectivity index (χ0) is 25.1. The lowest BCUT2D eigenvalue weighted by Gasteiger charge is -2.26. The number of sulfonamides is 1. The van der Waals surface area contributed by atoms with Crippen molar-refractivity contribution < 1.29 is 31.1 Å². The molecule has 1 N–H and O–H groups in total. The van der Waals surface area contributed by atoms with Gasteiger partial charge in [-0.2, -0.15) is 13.2 Å². The van der Waals surface area contributed by atoms with Crippen molar-refractivity contribution >= 4 is 50.5 Å². The second kappa shape index (κ2) is 10.1. The normalized spacial score (nSPS) is 11.7. The molecule has 34 heavy (non-hydrogen) atoms. The molecule has 3 aromatic carbocycles. The number of nitrogens with one attached hydrogen (secondary N) is 1. The van der Waals surface area contributed by atoms with Crippen LogP contribution in [0.2, 0.25) is 10.0 Å². The lowest BCUT2D eigenvalue weighted by molar-refractivity contribution is -0.137. The number of alkyl halides is 3. The molecule has 12 heteroatoms. The molecular weight excluding hydrogens is 516 g/mol. The van der Waals surface area contributed by atoms with E-state index in [2.05, 4.69) is 5.32 Å². The topological polar surface area (TPSA) is 75.7 Å². The Morgan fingerprint density at radius 3 is 2.26 bits per heavy atom. The molecule has 0 bridgehead atoms. The van der Waals surface area contributed by atoms with Gasteiger partial charge in [0.2, 0.25) is 5.91 Å². The molecule has 3 aromatic rings. The van der Waals surface area contributed by atoms with Crippen LogP contribution >= 0.6 is 23.2 Å². The largest absolute Gasteiger partial charge is 0.495 e. The van der Waals surface area contributed by atoms with Crippen LogP contribution in [0.15, 0.2) is 71.6 Å². The van der Waals surface area contributed by atoms with E-state index in [1.807, 2.05) is 0 Å². The van der Waals surface area contributed by atoms with Gasteiger partial charge >= 0.3 is 6.18 Å². The van der Waals surface area contributed by atoms with Gasteiger partial charge in [0.25, 0.3) is 10.0 Å². The van der Waals surface area contributed by atoms with E-state index < -0.39 is 39.9 Å². The first-order valence-corrected chi connectivity index (χ1v) is 11.7. The molecule has 6 nitrogen and oxygen atoms in total. The monoisotopic (exact) mass is 532 g/mol. The summed E-state index contributed by atoms with van der Waals surface area (Å²) in [6.07, 6.45) is -4.76. The maximum atomic E-state index is 13.3. The molecule has 0 atom stereocenters. The summed E-state index contributed by atoms with van der Waals surface area (Å²) in [7, 11) is -3.06. The number of anilines is 2. The number of rotatable bonds is 7. The molecule has 3 rings (SSSR count). The first-order chi connectivity index (χ1) is 15.9. The van der Waals surface area contributed by atoms with Crippen molar-refractivity contribution in [1.82, 2.24) is 0 Å². The summed E-state index contributed by atoms with van der Waals surface area (Å²) in [4.78, 5) is 12.5. The molecule has 1 amide bonds. The number of carbonyl (C=O) groups excluding carboxylic acids is 1. The minimum absolute atomic E-state index is 0.190. The quantitative estimate of drug-likeness (QED) is 0.413. The Hall–Kier alpha value is -2.95. The van der Waals surface area contributed by atoms with Crippen LogP contribution < -0.4 is 14.4 Å². The van der Waals surface area contributed by atoms with Gasteiger partial charge in [0.1, 0.15) is 12.3 Å². The summed E-state index contributed by atoms with van der Waals surface area (Å²) >= 11 is 12.1. The maximum Gasteiger partial charge on any atom is 0.416 e. The molecule has 180 valence electrons. The Morgan fingerprint density at radius 2 is 1.68 bits per heavy atom. The zero-order valence-electron chi connectivity index (χ0n) is 17.4. The van der Waals surface area contributed by atoms with E-state index in [9.17, 15) is 26.4 Å². The fourth-order valence-corrected chi connectivity index (χ4v) is 4.95. The molecule has 0 aliphatic heterocycles. The number of nitrogens with zero attached hydrogens (tertiary/aromatic N) is 1. The highest BCUT2D eigenvalue weighted by Gasteiger charge is 2.34. The van der Waals surface area contributed by atoms with Gasteiger partial charge in [0.15, 0.2) is 0 Å². The second-order valence-corrected chi connectivity index (χ2v) is 9.56. The summed E-state index contributed by atoms with van der Waals surface area (Å²) in [5.41, 5.74) is -1.39. The molecule has 0 heterocycles. The molecule has 0 aliphatic rings. The first-order valence-electron chi connectivity index (χ1n) is 9.51. The van der Waals surface area contributed by atoms with Gasteiger partial charge in [-0.3, -0.25) is 9.10 Å². The minimum Gasteiger partial charge on any atom is -0.495 e. The van der Waals surface area contributed by atoms with Crippen molar-refractivity contribution in [3.8, 4) is 5.75 Å².